The number of unbranched alkanes of at least 4 members (excludes halogenated alkanes) is 14. The Bertz CT molecular complexity index is 1180. The number of carbonyl (C=O) groups excluding carboxylic acids is 2. The Balaban J connectivity index is 4.39. The molecule has 8 nitrogen and oxygen atoms in total. The van der Waals surface area contributed by atoms with Crippen molar-refractivity contribution in [1.29, 1.82) is 0 Å². The van der Waals surface area contributed by atoms with Gasteiger partial charge in [-0.25, -0.2) is 4.79 Å². The van der Waals surface area contributed by atoms with Crippen LogP contribution >= 0.6 is 0 Å². The third kappa shape index (κ3) is 38.3. The first-order valence-corrected chi connectivity index (χ1v) is 23.0. The Kier molecular flexibility index (Phi) is 38.3. The third-order valence-electron chi connectivity index (χ3n) is 9.84. The van der Waals surface area contributed by atoms with Crippen molar-refractivity contribution in [2.24, 2.45) is 0 Å². The van der Waals surface area contributed by atoms with Crippen molar-refractivity contribution in [1.82, 2.24) is 0 Å². The molecule has 0 bridgehead atoms. The highest BCUT2D eigenvalue weighted by atomic mass is 16.6. The molecular formula is C50H86NO7+. The SMILES string of the molecule is CC/C=C/C/C=C/C/C=C/C/C=C/C/C=C/CCCCCCC(=O)OCC(COCCC(C(=O)O)[N+](C)(C)C)OC(=O)CCCCC/C=C/CCCCCCCCC. The minimum atomic E-state index is -0.883. The van der Waals surface area contributed by atoms with Gasteiger partial charge in [-0.1, -0.05) is 145 Å². The number of carboxylic acids is 1. The molecule has 8 heteroatoms. The van der Waals surface area contributed by atoms with Crippen LogP contribution in [0.4, 0.5) is 0 Å². The van der Waals surface area contributed by atoms with Gasteiger partial charge in [-0.05, 0) is 83.5 Å². The fourth-order valence-corrected chi connectivity index (χ4v) is 6.29. The van der Waals surface area contributed by atoms with E-state index in [1.807, 2.05) is 21.1 Å². The summed E-state index contributed by atoms with van der Waals surface area (Å²) in [6, 6.07) is -0.624. The van der Waals surface area contributed by atoms with Crippen molar-refractivity contribution in [2.75, 3.05) is 41.0 Å². The highest BCUT2D eigenvalue weighted by molar-refractivity contribution is 5.72. The second-order valence-electron chi connectivity index (χ2n) is 16.3. The molecule has 1 N–H and O–H groups in total. The van der Waals surface area contributed by atoms with Gasteiger partial charge in [-0.2, -0.15) is 0 Å². The van der Waals surface area contributed by atoms with E-state index in [-0.39, 0.29) is 36.2 Å². The minimum absolute atomic E-state index is 0.0435. The van der Waals surface area contributed by atoms with Crippen LogP contribution in [0, 0.1) is 0 Å². The van der Waals surface area contributed by atoms with Crippen LogP contribution in [0.15, 0.2) is 72.9 Å². The maximum atomic E-state index is 12.7. The van der Waals surface area contributed by atoms with Gasteiger partial charge in [0, 0.05) is 19.3 Å². The van der Waals surface area contributed by atoms with E-state index in [0.717, 1.165) is 96.3 Å². The summed E-state index contributed by atoms with van der Waals surface area (Å²) in [5.41, 5.74) is 0. The Morgan fingerprint density at radius 3 is 1.47 bits per heavy atom. The first kappa shape index (κ1) is 54.8. The fourth-order valence-electron chi connectivity index (χ4n) is 6.29. The molecule has 0 aromatic carbocycles. The predicted octanol–water partition coefficient (Wildman–Crippen LogP) is 12.7. The van der Waals surface area contributed by atoms with Crippen molar-refractivity contribution in [2.45, 2.75) is 187 Å². The zero-order valence-corrected chi connectivity index (χ0v) is 37.7. The number of quaternary nitrogens is 1. The average molecular weight is 813 g/mol. The summed E-state index contributed by atoms with van der Waals surface area (Å²) in [5.74, 6) is -1.53. The predicted molar refractivity (Wildman–Crippen MR) is 243 cm³/mol. The van der Waals surface area contributed by atoms with Crippen LogP contribution in [0.5, 0.6) is 0 Å². The van der Waals surface area contributed by atoms with Crippen molar-refractivity contribution in [3.8, 4) is 0 Å². The Hall–Kier alpha value is -3.23. The van der Waals surface area contributed by atoms with Crippen LogP contribution in [-0.2, 0) is 28.6 Å². The van der Waals surface area contributed by atoms with Crippen molar-refractivity contribution < 1.29 is 38.2 Å². The standard InChI is InChI=1S/C50H85NO7/c1-6-8-10-12-14-16-18-20-22-23-24-25-26-27-29-30-32-34-36-38-40-48(52)57-45-46(44-56-43-42-47(50(54)55)51(3,4)5)58-49(53)41-39-37-35-33-31-28-21-19-17-15-13-11-9-7-2/h8,10,14,16,20,22,24-25,27-29,31,46-47H,6-7,9,11-13,15,17-19,21,23,26,30,32-45H2,1-5H3/p+1/b10-8+,16-14+,22-20+,25-24+,29-27+,31-28+. The zero-order chi connectivity index (χ0) is 42.8. The lowest BCUT2D eigenvalue weighted by Gasteiger charge is -2.31. The van der Waals surface area contributed by atoms with Gasteiger partial charge in [0.05, 0.1) is 34.4 Å². The number of esters is 2. The molecule has 0 rings (SSSR count). The topological polar surface area (TPSA) is 99.1 Å². The Morgan fingerprint density at radius 2 is 0.966 bits per heavy atom. The molecule has 0 aromatic heterocycles. The molecule has 0 aromatic rings. The van der Waals surface area contributed by atoms with Crippen LogP contribution in [-0.4, -0.2) is 80.6 Å². The molecule has 332 valence electrons. The van der Waals surface area contributed by atoms with Gasteiger partial charge in [0.1, 0.15) is 6.61 Å². The van der Waals surface area contributed by atoms with Crippen molar-refractivity contribution >= 4 is 17.9 Å². The van der Waals surface area contributed by atoms with Crippen LogP contribution in [0.1, 0.15) is 174 Å². The quantitative estimate of drug-likeness (QED) is 0.0285. The molecule has 0 aliphatic heterocycles. The van der Waals surface area contributed by atoms with Gasteiger partial charge >= 0.3 is 17.9 Å². The van der Waals surface area contributed by atoms with E-state index in [4.69, 9.17) is 14.2 Å². The lowest BCUT2D eigenvalue weighted by atomic mass is 10.1. The number of carbonyl (C=O) groups is 3. The van der Waals surface area contributed by atoms with Crippen LogP contribution in [0.3, 0.4) is 0 Å². The van der Waals surface area contributed by atoms with Crippen molar-refractivity contribution in [3.63, 3.8) is 0 Å². The molecule has 0 spiro atoms. The van der Waals surface area contributed by atoms with E-state index < -0.39 is 18.1 Å². The highest BCUT2D eigenvalue weighted by Gasteiger charge is 2.31. The average Bonchev–Trinajstić information content (AvgIpc) is 3.18. The number of carboxylic acid groups (broad SMARTS) is 1. The number of hydrogen-bond donors (Lipinski definition) is 1. The third-order valence-corrected chi connectivity index (χ3v) is 9.84. The summed E-state index contributed by atoms with van der Waals surface area (Å²) in [6.45, 7) is 4.57. The largest absolute Gasteiger partial charge is 0.477 e. The van der Waals surface area contributed by atoms with Crippen molar-refractivity contribution in [3.05, 3.63) is 72.9 Å². The fraction of sp³-hybridized carbons (Fsp3) is 0.700. The number of allylic oxidation sites excluding steroid dienone is 12. The number of rotatable bonds is 40. The second kappa shape index (κ2) is 40.5. The first-order valence-electron chi connectivity index (χ1n) is 23.0. The molecule has 0 radical (unpaired) electrons. The molecule has 2 atom stereocenters. The lowest BCUT2D eigenvalue weighted by Crippen LogP contribution is -2.50. The number of aliphatic carboxylic acids is 1. The van der Waals surface area contributed by atoms with Gasteiger partial charge in [0.25, 0.3) is 0 Å². The Morgan fingerprint density at radius 1 is 0.534 bits per heavy atom. The molecule has 0 saturated carbocycles. The van der Waals surface area contributed by atoms with E-state index in [2.05, 4.69) is 86.8 Å². The van der Waals surface area contributed by atoms with Gasteiger partial charge in [0.15, 0.2) is 12.1 Å². The molecule has 0 amide bonds. The summed E-state index contributed by atoms with van der Waals surface area (Å²) in [5, 5.41) is 9.62. The molecule has 0 fully saturated rings. The number of nitrogens with zero attached hydrogens (tertiary/aromatic N) is 1. The van der Waals surface area contributed by atoms with E-state index in [1.165, 1.54) is 44.9 Å². The first-order chi connectivity index (χ1) is 28.1. The molecule has 0 aliphatic rings. The summed E-state index contributed by atoms with van der Waals surface area (Å²) < 4.78 is 17.2. The Labute approximate surface area is 355 Å². The summed E-state index contributed by atoms with van der Waals surface area (Å²) >= 11 is 0. The van der Waals surface area contributed by atoms with E-state index in [9.17, 15) is 19.5 Å². The normalized spacial score (nSPS) is 13.6. The van der Waals surface area contributed by atoms with Crippen LogP contribution in [0.2, 0.25) is 0 Å². The highest BCUT2D eigenvalue weighted by Crippen LogP contribution is 2.13. The minimum Gasteiger partial charge on any atom is -0.477 e. The molecule has 58 heavy (non-hydrogen) atoms. The van der Waals surface area contributed by atoms with E-state index in [1.54, 1.807) is 0 Å². The summed E-state index contributed by atoms with van der Waals surface area (Å²) in [6.07, 6.45) is 50.9. The molecular weight excluding hydrogens is 727 g/mol. The van der Waals surface area contributed by atoms with Gasteiger partial charge < -0.3 is 23.8 Å². The number of likely N-dealkylation sites (N-methyl/N-ethyl adjacent to an activating group) is 1. The van der Waals surface area contributed by atoms with Crippen LogP contribution < -0.4 is 0 Å². The van der Waals surface area contributed by atoms with Gasteiger partial charge in [-0.3, -0.25) is 9.59 Å². The van der Waals surface area contributed by atoms with Gasteiger partial charge in [-0.15, -0.1) is 0 Å². The molecule has 0 aliphatic carbocycles. The maximum absolute atomic E-state index is 12.7. The molecule has 2 unspecified atom stereocenters. The van der Waals surface area contributed by atoms with E-state index >= 15 is 0 Å². The summed E-state index contributed by atoms with van der Waals surface area (Å²) in [4.78, 5) is 37.0. The molecule has 0 saturated heterocycles. The van der Waals surface area contributed by atoms with Gasteiger partial charge in [0.2, 0.25) is 0 Å². The number of hydrogen-bond acceptors (Lipinski definition) is 6. The lowest BCUT2D eigenvalue weighted by molar-refractivity contribution is -0.887. The monoisotopic (exact) mass is 813 g/mol. The zero-order valence-electron chi connectivity index (χ0n) is 37.7. The second-order valence-corrected chi connectivity index (χ2v) is 16.3. The van der Waals surface area contributed by atoms with E-state index in [0.29, 0.717) is 19.3 Å². The maximum Gasteiger partial charge on any atom is 0.362 e. The molecule has 0 heterocycles. The number of ether oxygens (including phenoxy) is 3. The van der Waals surface area contributed by atoms with Crippen LogP contribution in [0.25, 0.3) is 0 Å². The smallest absolute Gasteiger partial charge is 0.362 e. The summed E-state index contributed by atoms with van der Waals surface area (Å²) in [7, 11) is 5.51.